The molecule has 1 atom stereocenters. The van der Waals surface area contributed by atoms with Gasteiger partial charge in [0.05, 0.1) is 13.1 Å². The maximum atomic E-state index is 3.95. The third-order valence-corrected chi connectivity index (χ3v) is 2.27. The van der Waals surface area contributed by atoms with Crippen molar-refractivity contribution in [1.82, 2.24) is 0 Å². The normalized spacial score (nSPS) is 13.9. The third-order valence-electron chi connectivity index (χ3n) is 2.27. The molecule has 0 radical (unpaired) electrons. The summed E-state index contributed by atoms with van der Waals surface area (Å²) in [6, 6.07) is 0.745. The number of nitrogens with one attached hydrogen (secondary N) is 1. The van der Waals surface area contributed by atoms with Crippen LogP contribution in [0.15, 0.2) is 0 Å². The monoisotopic (exact) mass is 160 g/mol. The summed E-state index contributed by atoms with van der Waals surface area (Å²) in [4.78, 5) is 1.73. The highest BCUT2D eigenvalue weighted by atomic mass is 15.2. The molecule has 0 aromatic heterocycles. The topological polar surface area (TPSA) is 32.1 Å². The van der Waals surface area contributed by atoms with E-state index in [4.69, 9.17) is 0 Å². The number of rotatable bonds is 6. The Hall–Kier alpha value is -0.0800. The first kappa shape index (κ1) is 10.9. The van der Waals surface area contributed by atoms with Crippen molar-refractivity contribution in [2.45, 2.75) is 39.7 Å². The molecule has 2 nitrogen and oxygen atoms in total. The molecule has 0 aliphatic carbocycles. The smallest absolute Gasteiger partial charge is 0.134 e. The standard InChI is InChI=1S/C9H22N2/c1-4-6-11(7-5-2)9(3)8-10/h9H,4-8,10H2,1-3H3/p+2/t9-/m1/s1. The van der Waals surface area contributed by atoms with E-state index in [2.05, 4.69) is 26.5 Å². The summed E-state index contributed by atoms with van der Waals surface area (Å²) in [5.41, 5.74) is 3.95. The second-order valence-corrected chi connectivity index (χ2v) is 3.35. The van der Waals surface area contributed by atoms with E-state index in [1.807, 2.05) is 0 Å². The molecule has 0 saturated heterocycles. The molecule has 0 bridgehead atoms. The second kappa shape index (κ2) is 6.62. The van der Waals surface area contributed by atoms with Gasteiger partial charge in [-0.15, -0.1) is 0 Å². The molecule has 0 saturated carbocycles. The van der Waals surface area contributed by atoms with Crippen molar-refractivity contribution in [2.75, 3.05) is 19.6 Å². The molecular weight excluding hydrogens is 136 g/mol. The lowest BCUT2D eigenvalue weighted by atomic mass is 10.2. The van der Waals surface area contributed by atoms with Crippen molar-refractivity contribution in [3.05, 3.63) is 0 Å². The molecule has 0 aliphatic rings. The molecule has 0 spiro atoms. The fourth-order valence-corrected chi connectivity index (χ4v) is 1.46. The van der Waals surface area contributed by atoms with Crippen molar-refractivity contribution in [1.29, 1.82) is 0 Å². The minimum absolute atomic E-state index is 0.745. The molecule has 0 aliphatic heterocycles. The van der Waals surface area contributed by atoms with Crippen molar-refractivity contribution in [3.63, 3.8) is 0 Å². The highest BCUT2D eigenvalue weighted by Crippen LogP contribution is 1.74. The zero-order valence-corrected chi connectivity index (χ0v) is 8.32. The molecule has 11 heavy (non-hydrogen) atoms. The summed E-state index contributed by atoms with van der Waals surface area (Å²) in [6.07, 6.45) is 2.58. The summed E-state index contributed by atoms with van der Waals surface area (Å²) < 4.78 is 0. The van der Waals surface area contributed by atoms with Gasteiger partial charge in [-0.25, -0.2) is 0 Å². The van der Waals surface area contributed by atoms with Crippen LogP contribution in [0, 0.1) is 0 Å². The quantitative estimate of drug-likeness (QED) is 0.516. The Morgan fingerprint density at radius 1 is 1.18 bits per heavy atom. The van der Waals surface area contributed by atoms with E-state index in [1.165, 1.54) is 25.9 Å². The van der Waals surface area contributed by atoms with E-state index in [0.29, 0.717) is 0 Å². The minimum atomic E-state index is 0.745. The van der Waals surface area contributed by atoms with E-state index in [-0.39, 0.29) is 0 Å². The predicted octanol–water partition coefficient (Wildman–Crippen LogP) is -0.678. The molecule has 4 N–H and O–H groups in total. The molecule has 0 aromatic rings. The summed E-state index contributed by atoms with van der Waals surface area (Å²) >= 11 is 0. The van der Waals surface area contributed by atoms with Crippen LogP contribution in [0.3, 0.4) is 0 Å². The summed E-state index contributed by atoms with van der Waals surface area (Å²) in [7, 11) is 0. The van der Waals surface area contributed by atoms with Crippen LogP contribution in [0.4, 0.5) is 0 Å². The molecule has 0 unspecified atom stereocenters. The highest BCUT2D eigenvalue weighted by Gasteiger charge is 2.14. The number of quaternary nitrogens is 2. The second-order valence-electron chi connectivity index (χ2n) is 3.35. The van der Waals surface area contributed by atoms with E-state index >= 15 is 0 Å². The summed E-state index contributed by atoms with van der Waals surface area (Å²) in [5, 5.41) is 0. The van der Waals surface area contributed by atoms with Crippen LogP contribution >= 0.6 is 0 Å². The Balaban J connectivity index is 3.66. The van der Waals surface area contributed by atoms with Crippen LogP contribution in [0.2, 0.25) is 0 Å². The molecule has 68 valence electrons. The van der Waals surface area contributed by atoms with E-state index in [1.54, 1.807) is 4.90 Å². The van der Waals surface area contributed by atoms with Crippen molar-refractivity contribution in [3.8, 4) is 0 Å². The van der Waals surface area contributed by atoms with Gasteiger partial charge in [-0.3, -0.25) is 0 Å². The van der Waals surface area contributed by atoms with Gasteiger partial charge in [0.25, 0.3) is 0 Å². The first-order valence-corrected chi connectivity index (χ1v) is 4.90. The van der Waals surface area contributed by atoms with E-state index in [9.17, 15) is 0 Å². The SMILES string of the molecule is CCC[NH+](CCC)[C@H](C)C[NH3+]. The fraction of sp³-hybridized carbons (Fsp3) is 1.00. The molecule has 0 heterocycles. The lowest BCUT2D eigenvalue weighted by Crippen LogP contribution is -3.17. The Kier molecular flexibility index (Phi) is 6.57. The van der Waals surface area contributed by atoms with Gasteiger partial charge in [0.15, 0.2) is 0 Å². The average molecular weight is 160 g/mol. The van der Waals surface area contributed by atoms with Gasteiger partial charge in [-0.05, 0) is 19.8 Å². The lowest BCUT2D eigenvalue weighted by molar-refractivity contribution is -0.929. The molecular formula is C9H24N2+2. The minimum Gasteiger partial charge on any atom is -0.353 e. The zero-order chi connectivity index (χ0) is 8.69. The van der Waals surface area contributed by atoms with Gasteiger partial charge in [-0.1, -0.05) is 13.8 Å². The fourth-order valence-electron chi connectivity index (χ4n) is 1.46. The molecule has 2 heteroatoms. The Morgan fingerprint density at radius 3 is 1.91 bits per heavy atom. The van der Waals surface area contributed by atoms with Crippen LogP contribution in [-0.2, 0) is 0 Å². The van der Waals surface area contributed by atoms with Crippen LogP contribution in [0.25, 0.3) is 0 Å². The average Bonchev–Trinajstić information content (AvgIpc) is 2.03. The zero-order valence-electron chi connectivity index (χ0n) is 8.32. The first-order valence-electron chi connectivity index (χ1n) is 4.90. The summed E-state index contributed by atoms with van der Waals surface area (Å²) in [6.45, 7) is 10.5. The highest BCUT2D eigenvalue weighted by molar-refractivity contribution is 4.41. The summed E-state index contributed by atoms with van der Waals surface area (Å²) in [5.74, 6) is 0. The van der Waals surface area contributed by atoms with Gasteiger partial charge in [-0.2, -0.15) is 0 Å². The van der Waals surface area contributed by atoms with E-state index in [0.717, 1.165) is 12.6 Å². The van der Waals surface area contributed by atoms with Crippen LogP contribution < -0.4 is 10.6 Å². The molecule has 0 rings (SSSR count). The van der Waals surface area contributed by atoms with Crippen LogP contribution in [0.5, 0.6) is 0 Å². The van der Waals surface area contributed by atoms with Gasteiger partial charge in [0.2, 0.25) is 0 Å². The Labute approximate surface area is 70.8 Å². The maximum absolute atomic E-state index is 3.95. The van der Waals surface area contributed by atoms with Gasteiger partial charge in [0, 0.05) is 0 Å². The predicted molar refractivity (Wildman–Crippen MR) is 48.5 cm³/mol. The third kappa shape index (κ3) is 4.38. The largest absolute Gasteiger partial charge is 0.353 e. The maximum Gasteiger partial charge on any atom is 0.134 e. The Bertz CT molecular complexity index is 77.6. The van der Waals surface area contributed by atoms with Gasteiger partial charge in [0.1, 0.15) is 12.6 Å². The molecule has 0 fully saturated rings. The van der Waals surface area contributed by atoms with Crippen molar-refractivity contribution < 1.29 is 10.6 Å². The molecule has 0 amide bonds. The van der Waals surface area contributed by atoms with Crippen LogP contribution in [-0.4, -0.2) is 25.7 Å². The van der Waals surface area contributed by atoms with Gasteiger partial charge >= 0.3 is 0 Å². The Morgan fingerprint density at radius 2 is 1.64 bits per heavy atom. The first-order chi connectivity index (χ1) is 5.26. The van der Waals surface area contributed by atoms with Gasteiger partial charge < -0.3 is 10.6 Å². The lowest BCUT2D eigenvalue weighted by Gasteiger charge is -2.22. The number of hydrogen-bond acceptors (Lipinski definition) is 0. The van der Waals surface area contributed by atoms with Crippen molar-refractivity contribution in [2.24, 2.45) is 0 Å². The number of hydrogen-bond donors (Lipinski definition) is 2. The van der Waals surface area contributed by atoms with Crippen molar-refractivity contribution >= 4 is 0 Å². The molecule has 0 aromatic carbocycles. The van der Waals surface area contributed by atoms with E-state index < -0.39 is 0 Å². The van der Waals surface area contributed by atoms with Crippen LogP contribution in [0.1, 0.15) is 33.6 Å².